The summed E-state index contributed by atoms with van der Waals surface area (Å²) in [5, 5.41) is 25.6. The summed E-state index contributed by atoms with van der Waals surface area (Å²) in [7, 11) is 0. The molecular formula is C7H10O7. The molecule has 0 bridgehead atoms. The van der Waals surface area contributed by atoms with Crippen molar-refractivity contribution in [2.45, 2.75) is 24.7 Å². The van der Waals surface area contributed by atoms with Crippen LogP contribution in [-0.4, -0.2) is 52.4 Å². The zero-order valence-corrected chi connectivity index (χ0v) is 7.12. The molecule has 14 heavy (non-hydrogen) atoms. The molecule has 0 saturated carbocycles. The van der Waals surface area contributed by atoms with Gasteiger partial charge >= 0.3 is 11.9 Å². The second kappa shape index (κ2) is 4.36. The van der Waals surface area contributed by atoms with Gasteiger partial charge in [0.2, 0.25) is 0 Å². The van der Waals surface area contributed by atoms with E-state index in [9.17, 15) is 9.59 Å². The number of hydrogen-bond acceptors (Lipinski definition) is 5. The monoisotopic (exact) mass is 206 g/mol. The van der Waals surface area contributed by atoms with E-state index in [0.29, 0.717) is 0 Å². The number of rotatable bonds is 4. The summed E-state index contributed by atoms with van der Waals surface area (Å²) in [4.78, 5) is 21.1. The lowest BCUT2D eigenvalue weighted by atomic mass is 10.1. The van der Waals surface area contributed by atoms with Crippen LogP contribution in [0.5, 0.6) is 0 Å². The molecule has 0 aromatic carbocycles. The van der Waals surface area contributed by atoms with E-state index in [1.54, 1.807) is 0 Å². The number of carboxylic acid groups (broad SMARTS) is 2. The molecular weight excluding hydrogens is 196 g/mol. The third kappa shape index (κ3) is 2.19. The van der Waals surface area contributed by atoms with Gasteiger partial charge in [-0.3, -0.25) is 0 Å². The van der Waals surface area contributed by atoms with Gasteiger partial charge < -0.3 is 24.8 Å². The van der Waals surface area contributed by atoms with Crippen LogP contribution in [0.4, 0.5) is 0 Å². The van der Waals surface area contributed by atoms with Crippen molar-refractivity contribution >= 4 is 11.9 Å². The normalized spacial score (nSPS) is 31.6. The quantitative estimate of drug-likeness (QED) is 0.487. The lowest BCUT2D eigenvalue weighted by Gasteiger charge is -2.12. The Labute approximate surface area is 78.9 Å². The van der Waals surface area contributed by atoms with Crippen molar-refractivity contribution in [3.05, 3.63) is 0 Å². The Morgan fingerprint density at radius 3 is 2.43 bits per heavy atom. The molecule has 1 saturated heterocycles. The van der Waals surface area contributed by atoms with Crippen molar-refractivity contribution < 1.29 is 34.4 Å². The molecule has 0 amide bonds. The predicted octanol–water partition coefficient (Wildman–Crippen LogP) is -1.35. The first-order valence-electron chi connectivity index (χ1n) is 3.89. The van der Waals surface area contributed by atoms with Crippen molar-refractivity contribution in [1.82, 2.24) is 0 Å². The lowest BCUT2D eigenvalue weighted by molar-refractivity contribution is -0.163. The number of aliphatic hydroxyl groups excluding tert-OH is 1. The van der Waals surface area contributed by atoms with Gasteiger partial charge in [-0.2, -0.15) is 0 Å². The third-order valence-electron chi connectivity index (χ3n) is 1.90. The zero-order valence-electron chi connectivity index (χ0n) is 7.12. The Morgan fingerprint density at radius 1 is 1.36 bits per heavy atom. The second-order valence-corrected chi connectivity index (χ2v) is 2.79. The number of aliphatic carboxylic acids is 2. The van der Waals surface area contributed by atoms with E-state index in [1.165, 1.54) is 0 Å². The summed E-state index contributed by atoms with van der Waals surface area (Å²) in [5.41, 5.74) is 0. The Kier molecular flexibility index (Phi) is 3.39. The molecule has 0 aromatic rings. The molecule has 7 heteroatoms. The van der Waals surface area contributed by atoms with Crippen molar-refractivity contribution in [3.63, 3.8) is 0 Å². The zero-order chi connectivity index (χ0) is 10.7. The first-order valence-corrected chi connectivity index (χ1v) is 3.89. The summed E-state index contributed by atoms with van der Waals surface area (Å²) in [6.45, 7) is -0.663. The summed E-state index contributed by atoms with van der Waals surface area (Å²) in [6, 6.07) is 0. The minimum absolute atomic E-state index is 0.0765. The van der Waals surface area contributed by atoms with Crippen LogP contribution in [0, 0.1) is 0 Å². The van der Waals surface area contributed by atoms with Crippen molar-refractivity contribution in [2.24, 2.45) is 0 Å². The maximum absolute atomic E-state index is 10.6. The van der Waals surface area contributed by atoms with Gasteiger partial charge in [0.15, 0.2) is 12.2 Å². The summed E-state index contributed by atoms with van der Waals surface area (Å²) < 4.78 is 9.36. The molecule has 0 spiro atoms. The van der Waals surface area contributed by atoms with Crippen LogP contribution in [0.3, 0.4) is 0 Å². The van der Waals surface area contributed by atoms with E-state index in [1.807, 2.05) is 0 Å². The van der Waals surface area contributed by atoms with E-state index in [4.69, 9.17) is 20.1 Å². The first kappa shape index (κ1) is 10.9. The number of aliphatic hydroxyl groups is 1. The highest BCUT2D eigenvalue weighted by Crippen LogP contribution is 2.23. The Morgan fingerprint density at radius 2 is 2.00 bits per heavy atom. The first-order chi connectivity index (χ1) is 6.56. The molecule has 3 N–H and O–H groups in total. The largest absolute Gasteiger partial charge is 0.479 e. The van der Waals surface area contributed by atoms with E-state index >= 15 is 0 Å². The predicted molar refractivity (Wildman–Crippen MR) is 40.5 cm³/mol. The smallest absolute Gasteiger partial charge is 0.335 e. The fourth-order valence-corrected chi connectivity index (χ4v) is 1.28. The van der Waals surface area contributed by atoms with Crippen LogP contribution in [0.1, 0.15) is 6.42 Å². The van der Waals surface area contributed by atoms with Crippen LogP contribution < -0.4 is 0 Å². The van der Waals surface area contributed by atoms with Crippen LogP contribution in [0.15, 0.2) is 0 Å². The molecule has 7 nitrogen and oxygen atoms in total. The molecule has 0 radical (unpaired) electrons. The SMILES string of the molecule is O=C(O)C1CC(OCO)C(C(=O)O)O1. The third-order valence-corrected chi connectivity index (χ3v) is 1.90. The number of ether oxygens (including phenoxy) is 2. The highest BCUT2D eigenvalue weighted by atomic mass is 16.6. The average Bonchev–Trinajstić information content (AvgIpc) is 2.49. The van der Waals surface area contributed by atoms with Crippen molar-refractivity contribution in [3.8, 4) is 0 Å². The fourth-order valence-electron chi connectivity index (χ4n) is 1.28. The van der Waals surface area contributed by atoms with Crippen molar-refractivity contribution in [2.75, 3.05) is 6.79 Å². The maximum atomic E-state index is 10.6. The number of hydrogen-bond donors (Lipinski definition) is 3. The standard InChI is InChI=1S/C7H10O7/c8-2-13-3-1-4(6(9)10)14-5(3)7(11)12/h3-5,8H,1-2H2,(H,9,10)(H,11,12). The van der Waals surface area contributed by atoms with E-state index in [-0.39, 0.29) is 6.42 Å². The van der Waals surface area contributed by atoms with Crippen LogP contribution in [0.2, 0.25) is 0 Å². The number of carboxylic acids is 2. The molecule has 3 atom stereocenters. The highest BCUT2D eigenvalue weighted by molar-refractivity contribution is 5.77. The van der Waals surface area contributed by atoms with Gasteiger partial charge in [0.1, 0.15) is 12.9 Å². The van der Waals surface area contributed by atoms with Gasteiger partial charge in [0.25, 0.3) is 0 Å². The van der Waals surface area contributed by atoms with E-state index in [0.717, 1.165) is 0 Å². The van der Waals surface area contributed by atoms with Gasteiger partial charge in [-0.1, -0.05) is 0 Å². The molecule has 3 unspecified atom stereocenters. The number of carbonyl (C=O) groups is 2. The molecule has 1 heterocycles. The second-order valence-electron chi connectivity index (χ2n) is 2.79. The molecule has 1 aliphatic heterocycles. The Hall–Kier alpha value is -1.18. The average molecular weight is 206 g/mol. The topological polar surface area (TPSA) is 113 Å². The van der Waals surface area contributed by atoms with Crippen LogP contribution >= 0.6 is 0 Å². The minimum Gasteiger partial charge on any atom is -0.479 e. The fraction of sp³-hybridized carbons (Fsp3) is 0.714. The van der Waals surface area contributed by atoms with Gasteiger partial charge in [-0.05, 0) is 0 Å². The van der Waals surface area contributed by atoms with Gasteiger partial charge in [0.05, 0.1) is 0 Å². The molecule has 1 fully saturated rings. The Balaban J connectivity index is 2.64. The van der Waals surface area contributed by atoms with Gasteiger partial charge in [-0.25, -0.2) is 9.59 Å². The summed E-state index contributed by atoms with van der Waals surface area (Å²) >= 11 is 0. The lowest BCUT2D eigenvalue weighted by Crippen LogP contribution is -2.32. The highest BCUT2D eigenvalue weighted by Gasteiger charge is 2.43. The van der Waals surface area contributed by atoms with Crippen molar-refractivity contribution in [1.29, 1.82) is 0 Å². The van der Waals surface area contributed by atoms with Crippen LogP contribution in [0.25, 0.3) is 0 Å². The summed E-state index contributed by atoms with van der Waals surface area (Å²) in [5.74, 6) is -2.53. The summed E-state index contributed by atoms with van der Waals surface area (Å²) in [6.07, 6.45) is -3.51. The van der Waals surface area contributed by atoms with E-state index < -0.39 is 37.0 Å². The molecule has 80 valence electrons. The Bertz CT molecular complexity index is 238. The molecule has 1 rings (SSSR count). The molecule has 1 aliphatic rings. The minimum atomic E-state index is -1.33. The van der Waals surface area contributed by atoms with Gasteiger partial charge in [-0.15, -0.1) is 0 Å². The molecule has 0 aliphatic carbocycles. The van der Waals surface area contributed by atoms with E-state index in [2.05, 4.69) is 4.74 Å². The maximum Gasteiger partial charge on any atom is 0.335 e. The van der Waals surface area contributed by atoms with Gasteiger partial charge in [0, 0.05) is 6.42 Å². The van der Waals surface area contributed by atoms with Crippen LogP contribution in [-0.2, 0) is 19.1 Å². The molecule has 0 aromatic heterocycles.